The number of benzene rings is 1. The number of sulfonamides is 1. The van der Waals surface area contributed by atoms with Crippen LogP contribution in [0.1, 0.15) is 32.3 Å². The molecule has 0 bridgehead atoms. The van der Waals surface area contributed by atoms with Gasteiger partial charge in [0, 0.05) is 32.9 Å². The van der Waals surface area contributed by atoms with Crippen LogP contribution < -0.4 is 10.2 Å². The number of rotatable bonds is 6. The minimum Gasteiger partial charge on any atom is -0.376 e. The van der Waals surface area contributed by atoms with E-state index in [1.807, 2.05) is 0 Å². The van der Waals surface area contributed by atoms with E-state index in [9.17, 15) is 18.0 Å². The molecule has 1 fully saturated rings. The number of likely N-dealkylation sites (N-methyl/N-ethyl adjacent to an activating group) is 2. The summed E-state index contributed by atoms with van der Waals surface area (Å²) in [5.74, 6) is -0.461. The molecular formula is C19H27N3O5S. The van der Waals surface area contributed by atoms with E-state index in [1.54, 1.807) is 27.0 Å². The molecule has 0 saturated carbocycles. The largest absolute Gasteiger partial charge is 0.376 e. The van der Waals surface area contributed by atoms with Gasteiger partial charge >= 0.3 is 0 Å². The van der Waals surface area contributed by atoms with Crippen molar-refractivity contribution >= 4 is 27.5 Å². The van der Waals surface area contributed by atoms with Gasteiger partial charge in [-0.15, -0.1) is 0 Å². The monoisotopic (exact) mass is 409 g/mol. The van der Waals surface area contributed by atoms with Gasteiger partial charge in [0.1, 0.15) is 0 Å². The van der Waals surface area contributed by atoms with Gasteiger partial charge in [-0.25, -0.2) is 8.42 Å². The Bertz CT molecular complexity index is 891. The van der Waals surface area contributed by atoms with Crippen LogP contribution in [0.2, 0.25) is 0 Å². The average molecular weight is 410 g/mol. The Hall–Kier alpha value is -1.97. The second-order valence-corrected chi connectivity index (χ2v) is 9.91. The fourth-order valence-electron chi connectivity index (χ4n) is 3.67. The van der Waals surface area contributed by atoms with Gasteiger partial charge in [0.25, 0.3) is 0 Å². The SMILES string of the molecule is CN1C(=O)C(C)(C)c2cc(S(=O)(=O)N(C)CC(=O)NCC3CCCO3)ccc21. The standard InChI is InChI=1S/C19H27N3O5S/c1-19(2)15-10-14(7-8-16(15)22(4)18(19)24)28(25,26)21(3)12-17(23)20-11-13-6-5-9-27-13/h7-8,10,13H,5-6,9,11-12H2,1-4H3,(H,20,23). The predicted molar refractivity (Wildman–Crippen MR) is 105 cm³/mol. The molecule has 1 unspecified atom stereocenters. The fraction of sp³-hybridized carbons (Fsp3) is 0.579. The molecule has 0 spiro atoms. The average Bonchev–Trinajstić information content (AvgIpc) is 3.22. The zero-order chi connectivity index (χ0) is 20.7. The molecule has 1 atom stereocenters. The van der Waals surface area contributed by atoms with E-state index in [-0.39, 0.29) is 29.4 Å². The summed E-state index contributed by atoms with van der Waals surface area (Å²) in [7, 11) is -0.820. The second kappa shape index (κ2) is 7.46. The number of fused-ring (bicyclic) bond motifs is 1. The van der Waals surface area contributed by atoms with E-state index in [0.29, 0.717) is 24.4 Å². The summed E-state index contributed by atoms with van der Waals surface area (Å²) >= 11 is 0. The van der Waals surface area contributed by atoms with Crippen molar-refractivity contribution in [2.75, 3.05) is 38.7 Å². The molecule has 1 N–H and O–H groups in total. The Morgan fingerprint density at radius 1 is 1.39 bits per heavy atom. The van der Waals surface area contributed by atoms with Crippen LogP contribution >= 0.6 is 0 Å². The van der Waals surface area contributed by atoms with Gasteiger partial charge in [-0.1, -0.05) is 0 Å². The number of nitrogens with zero attached hydrogens (tertiary/aromatic N) is 2. The van der Waals surface area contributed by atoms with Crippen molar-refractivity contribution in [3.05, 3.63) is 23.8 Å². The van der Waals surface area contributed by atoms with Crippen LogP contribution in [0.15, 0.2) is 23.1 Å². The second-order valence-electron chi connectivity index (χ2n) is 7.87. The van der Waals surface area contributed by atoms with Crippen LogP contribution in [-0.2, 0) is 29.8 Å². The summed E-state index contributed by atoms with van der Waals surface area (Å²) in [5, 5.41) is 2.72. The van der Waals surface area contributed by atoms with E-state index in [0.717, 1.165) is 17.1 Å². The van der Waals surface area contributed by atoms with Gasteiger partial charge in [0.15, 0.2) is 0 Å². The van der Waals surface area contributed by atoms with Crippen LogP contribution in [0, 0.1) is 0 Å². The minimum atomic E-state index is -3.87. The first kappa shape index (κ1) is 20.8. The number of hydrogen-bond acceptors (Lipinski definition) is 5. The van der Waals surface area contributed by atoms with Gasteiger partial charge in [-0.3, -0.25) is 9.59 Å². The molecule has 0 radical (unpaired) electrons. The zero-order valence-corrected chi connectivity index (χ0v) is 17.5. The van der Waals surface area contributed by atoms with Gasteiger partial charge in [-0.05, 0) is 50.5 Å². The molecule has 28 heavy (non-hydrogen) atoms. The molecule has 1 aromatic carbocycles. The third kappa shape index (κ3) is 3.66. The fourth-order valence-corrected chi connectivity index (χ4v) is 4.82. The van der Waals surface area contributed by atoms with Crippen molar-refractivity contribution < 1.29 is 22.7 Å². The van der Waals surface area contributed by atoms with E-state index >= 15 is 0 Å². The van der Waals surface area contributed by atoms with Gasteiger partial charge in [0.2, 0.25) is 21.8 Å². The van der Waals surface area contributed by atoms with Crippen molar-refractivity contribution in [3.8, 4) is 0 Å². The number of hydrogen-bond donors (Lipinski definition) is 1. The highest BCUT2D eigenvalue weighted by Gasteiger charge is 2.43. The third-order valence-corrected chi connectivity index (χ3v) is 7.27. The molecule has 2 aliphatic rings. The van der Waals surface area contributed by atoms with Crippen LogP contribution in [0.4, 0.5) is 5.69 Å². The molecule has 2 aliphatic heterocycles. The van der Waals surface area contributed by atoms with Crippen LogP contribution in [0.25, 0.3) is 0 Å². The van der Waals surface area contributed by atoms with E-state index in [2.05, 4.69) is 5.32 Å². The van der Waals surface area contributed by atoms with Gasteiger partial charge in [0.05, 0.1) is 23.0 Å². The predicted octanol–water partition coefficient (Wildman–Crippen LogP) is 0.856. The van der Waals surface area contributed by atoms with Gasteiger partial charge < -0.3 is 15.0 Å². The van der Waals surface area contributed by atoms with Crippen molar-refractivity contribution in [1.82, 2.24) is 9.62 Å². The van der Waals surface area contributed by atoms with Crippen molar-refractivity contribution in [3.63, 3.8) is 0 Å². The normalized spacial score (nSPS) is 21.2. The summed E-state index contributed by atoms with van der Waals surface area (Å²) in [6, 6.07) is 4.65. The summed E-state index contributed by atoms with van der Waals surface area (Å²) in [4.78, 5) is 26.2. The summed E-state index contributed by atoms with van der Waals surface area (Å²) in [6.07, 6.45) is 1.87. The van der Waals surface area contributed by atoms with Gasteiger partial charge in [-0.2, -0.15) is 4.31 Å². The lowest BCUT2D eigenvalue weighted by Gasteiger charge is -2.20. The van der Waals surface area contributed by atoms with Crippen LogP contribution in [0.5, 0.6) is 0 Å². The van der Waals surface area contributed by atoms with Crippen molar-refractivity contribution in [2.24, 2.45) is 0 Å². The van der Waals surface area contributed by atoms with Crippen molar-refractivity contribution in [2.45, 2.75) is 43.1 Å². The van der Waals surface area contributed by atoms with E-state index < -0.39 is 15.4 Å². The first-order valence-electron chi connectivity index (χ1n) is 9.32. The third-order valence-electron chi connectivity index (χ3n) is 5.47. The number of ether oxygens (including phenoxy) is 1. The van der Waals surface area contributed by atoms with E-state index in [4.69, 9.17) is 4.74 Å². The molecular weight excluding hydrogens is 382 g/mol. The molecule has 2 heterocycles. The quantitative estimate of drug-likeness (QED) is 0.752. The molecule has 0 aliphatic carbocycles. The maximum Gasteiger partial charge on any atom is 0.243 e. The number of carbonyl (C=O) groups excluding carboxylic acids is 2. The molecule has 1 aromatic rings. The number of nitrogens with one attached hydrogen (secondary N) is 1. The number of anilines is 1. The zero-order valence-electron chi connectivity index (χ0n) is 16.7. The Labute approximate surface area is 165 Å². The molecule has 154 valence electrons. The molecule has 2 amide bonds. The Kier molecular flexibility index (Phi) is 5.53. The first-order valence-corrected chi connectivity index (χ1v) is 10.8. The highest BCUT2D eigenvalue weighted by atomic mass is 32.2. The topological polar surface area (TPSA) is 96.0 Å². The highest BCUT2D eigenvalue weighted by molar-refractivity contribution is 7.89. The Balaban J connectivity index is 1.73. The lowest BCUT2D eigenvalue weighted by molar-refractivity contribution is -0.122. The summed E-state index contributed by atoms with van der Waals surface area (Å²) in [5.41, 5.74) is 0.565. The lowest BCUT2D eigenvalue weighted by atomic mass is 9.86. The van der Waals surface area contributed by atoms with E-state index in [1.165, 1.54) is 24.1 Å². The Morgan fingerprint density at radius 3 is 2.75 bits per heavy atom. The Morgan fingerprint density at radius 2 is 2.11 bits per heavy atom. The van der Waals surface area contributed by atoms with Crippen LogP contribution in [0.3, 0.4) is 0 Å². The highest BCUT2D eigenvalue weighted by Crippen LogP contribution is 2.41. The number of carbonyl (C=O) groups is 2. The van der Waals surface area contributed by atoms with Crippen molar-refractivity contribution in [1.29, 1.82) is 0 Å². The number of amides is 2. The molecule has 1 saturated heterocycles. The van der Waals surface area contributed by atoms with Crippen LogP contribution in [-0.4, -0.2) is 64.4 Å². The summed E-state index contributed by atoms with van der Waals surface area (Å²) < 4.78 is 32.3. The minimum absolute atomic E-state index is 0.000618. The lowest BCUT2D eigenvalue weighted by Crippen LogP contribution is -2.40. The molecule has 0 aromatic heterocycles. The molecule has 9 heteroatoms. The maximum atomic E-state index is 12.9. The summed E-state index contributed by atoms with van der Waals surface area (Å²) in [6.45, 7) is 4.34. The molecule has 3 rings (SSSR count). The smallest absolute Gasteiger partial charge is 0.243 e. The maximum absolute atomic E-state index is 12.9. The molecule has 8 nitrogen and oxygen atoms in total. The first-order chi connectivity index (χ1) is 13.0.